The second-order valence-corrected chi connectivity index (χ2v) is 5.85. The van der Waals surface area contributed by atoms with Gasteiger partial charge in [0.05, 0.1) is 19.2 Å². The Kier molecular flexibility index (Phi) is 7.29. The molecule has 6 nitrogen and oxygen atoms in total. The number of amides is 1. The number of rotatable bonds is 8. The number of carbonyl (C=O) groups excluding carboxylic acids is 2. The number of carbonyl (C=O) groups is 2. The first kappa shape index (κ1) is 19.6. The summed E-state index contributed by atoms with van der Waals surface area (Å²) in [6, 6.07) is 11.9. The van der Waals surface area contributed by atoms with Gasteiger partial charge in [0.25, 0.3) is 5.91 Å². The van der Waals surface area contributed by atoms with Gasteiger partial charge in [-0.2, -0.15) is 0 Å². The van der Waals surface area contributed by atoms with Gasteiger partial charge in [0.2, 0.25) is 0 Å². The van der Waals surface area contributed by atoms with E-state index in [4.69, 9.17) is 25.8 Å². The molecule has 0 spiro atoms. The number of hydrogen-bond acceptors (Lipinski definition) is 5. The molecule has 0 aliphatic rings. The van der Waals surface area contributed by atoms with E-state index in [0.717, 1.165) is 5.56 Å². The van der Waals surface area contributed by atoms with Crippen molar-refractivity contribution < 1.29 is 23.8 Å². The summed E-state index contributed by atoms with van der Waals surface area (Å²) in [5.41, 5.74) is 1.23. The highest BCUT2D eigenvalue weighted by Crippen LogP contribution is 2.19. The lowest BCUT2D eigenvalue weighted by Gasteiger charge is -2.09. The van der Waals surface area contributed by atoms with Crippen molar-refractivity contribution in [3.8, 4) is 11.5 Å². The third-order valence-electron chi connectivity index (χ3n) is 3.48. The zero-order valence-electron chi connectivity index (χ0n) is 14.6. The highest BCUT2D eigenvalue weighted by molar-refractivity contribution is 6.30. The van der Waals surface area contributed by atoms with E-state index < -0.39 is 11.9 Å². The Morgan fingerprint density at radius 2 is 1.85 bits per heavy atom. The van der Waals surface area contributed by atoms with Gasteiger partial charge < -0.3 is 19.5 Å². The first-order chi connectivity index (χ1) is 12.5. The number of benzene rings is 2. The van der Waals surface area contributed by atoms with Gasteiger partial charge in [-0.25, -0.2) is 4.79 Å². The van der Waals surface area contributed by atoms with Crippen molar-refractivity contribution in [1.82, 2.24) is 5.32 Å². The van der Waals surface area contributed by atoms with Crippen LogP contribution in [0.2, 0.25) is 5.02 Å². The molecule has 2 aromatic rings. The van der Waals surface area contributed by atoms with Crippen molar-refractivity contribution in [2.75, 3.05) is 26.9 Å². The molecular weight excluding hydrogens is 358 g/mol. The molecule has 0 saturated heterocycles. The van der Waals surface area contributed by atoms with Crippen molar-refractivity contribution in [2.45, 2.75) is 6.92 Å². The van der Waals surface area contributed by atoms with Gasteiger partial charge in [0.1, 0.15) is 18.1 Å². The number of esters is 1. The fourth-order valence-electron chi connectivity index (χ4n) is 2.10. The number of ether oxygens (including phenoxy) is 3. The van der Waals surface area contributed by atoms with Crippen LogP contribution in [0.25, 0.3) is 0 Å². The average molecular weight is 378 g/mol. The smallest absolute Gasteiger partial charge is 0.338 e. The molecule has 2 rings (SSSR count). The molecule has 1 N–H and O–H groups in total. The van der Waals surface area contributed by atoms with Crippen LogP contribution in [0.4, 0.5) is 0 Å². The van der Waals surface area contributed by atoms with Crippen LogP contribution in [-0.2, 0) is 9.53 Å². The number of aryl methyl sites for hydroxylation is 1. The normalized spacial score (nSPS) is 10.1. The van der Waals surface area contributed by atoms with E-state index in [1.165, 1.54) is 7.11 Å². The quantitative estimate of drug-likeness (QED) is 0.565. The van der Waals surface area contributed by atoms with E-state index >= 15 is 0 Å². The Bertz CT molecular complexity index is 761. The summed E-state index contributed by atoms with van der Waals surface area (Å²) >= 11 is 5.78. The van der Waals surface area contributed by atoms with Crippen molar-refractivity contribution in [2.24, 2.45) is 0 Å². The van der Waals surface area contributed by atoms with Gasteiger partial charge in [0, 0.05) is 5.02 Å². The third kappa shape index (κ3) is 5.97. The standard InChI is InChI=1S/C19H20ClNO5/c1-13-3-4-14(11-17(13)24-2)19(23)26-12-18(22)21-9-10-25-16-7-5-15(20)6-8-16/h3-8,11H,9-10,12H2,1-2H3,(H,21,22). The van der Waals surface area contributed by atoms with E-state index in [0.29, 0.717) is 22.1 Å². The zero-order chi connectivity index (χ0) is 18.9. The van der Waals surface area contributed by atoms with Crippen LogP contribution in [0.5, 0.6) is 11.5 Å². The monoisotopic (exact) mass is 377 g/mol. The van der Waals surface area contributed by atoms with Gasteiger partial charge in [-0.05, 0) is 48.9 Å². The van der Waals surface area contributed by atoms with E-state index in [-0.39, 0.29) is 19.8 Å². The van der Waals surface area contributed by atoms with Crippen LogP contribution in [0.15, 0.2) is 42.5 Å². The summed E-state index contributed by atoms with van der Waals surface area (Å²) < 4.78 is 15.6. The van der Waals surface area contributed by atoms with Gasteiger partial charge in [-0.1, -0.05) is 17.7 Å². The lowest BCUT2D eigenvalue weighted by molar-refractivity contribution is -0.124. The molecule has 0 saturated carbocycles. The van der Waals surface area contributed by atoms with Crippen molar-refractivity contribution >= 4 is 23.5 Å². The third-order valence-corrected chi connectivity index (χ3v) is 3.74. The predicted molar refractivity (Wildman–Crippen MR) is 98.0 cm³/mol. The minimum atomic E-state index is -0.587. The maximum absolute atomic E-state index is 12.0. The lowest BCUT2D eigenvalue weighted by atomic mass is 10.1. The Morgan fingerprint density at radius 3 is 2.54 bits per heavy atom. The van der Waals surface area contributed by atoms with Crippen molar-refractivity contribution in [3.63, 3.8) is 0 Å². The van der Waals surface area contributed by atoms with Gasteiger partial charge in [0.15, 0.2) is 6.61 Å². The molecule has 0 aliphatic carbocycles. The summed E-state index contributed by atoms with van der Waals surface area (Å²) in [5, 5.41) is 3.23. The van der Waals surface area contributed by atoms with E-state index in [2.05, 4.69) is 5.32 Å². The molecule has 2 aromatic carbocycles. The molecule has 0 unspecified atom stereocenters. The van der Waals surface area contributed by atoms with Crippen LogP contribution < -0.4 is 14.8 Å². The first-order valence-corrected chi connectivity index (χ1v) is 8.34. The minimum Gasteiger partial charge on any atom is -0.496 e. The molecule has 0 radical (unpaired) electrons. The Morgan fingerprint density at radius 1 is 1.12 bits per heavy atom. The Balaban J connectivity index is 1.69. The number of nitrogens with one attached hydrogen (secondary N) is 1. The summed E-state index contributed by atoms with van der Waals surface area (Å²) in [4.78, 5) is 23.7. The molecule has 0 bridgehead atoms. The molecular formula is C19H20ClNO5. The second-order valence-electron chi connectivity index (χ2n) is 5.41. The fourth-order valence-corrected chi connectivity index (χ4v) is 2.23. The topological polar surface area (TPSA) is 73.9 Å². The van der Waals surface area contributed by atoms with Crippen LogP contribution in [0, 0.1) is 6.92 Å². The molecule has 0 atom stereocenters. The van der Waals surface area contributed by atoms with Gasteiger partial charge in [-0.15, -0.1) is 0 Å². The molecule has 0 heterocycles. The summed E-state index contributed by atoms with van der Waals surface area (Å²) in [7, 11) is 1.52. The summed E-state index contributed by atoms with van der Waals surface area (Å²) in [6.45, 7) is 2.08. The number of halogens is 1. The van der Waals surface area contributed by atoms with Gasteiger partial charge in [-0.3, -0.25) is 4.79 Å². The maximum Gasteiger partial charge on any atom is 0.338 e. The number of methoxy groups -OCH3 is 1. The molecule has 1 amide bonds. The minimum absolute atomic E-state index is 0.288. The molecule has 0 aliphatic heterocycles. The van der Waals surface area contributed by atoms with E-state index in [1.54, 1.807) is 42.5 Å². The van der Waals surface area contributed by atoms with Crippen molar-refractivity contribution in [1.29, 1.82) is 0 Å². The highest BCUT2D eigenvalue weighted by Gasteiger charge is 2.12. The SMILES string of the molecule is COc1cc(C(=O)OCC(=O)NCCOc2ccc(Cl)cc2)ccc1C. The summed E-state index contributed by atoms with van der Waals surface area (Å²) in [5.74, 6) is 0.250. The number of hydrogen-bond donors (Lipinski definition) is 1. The predicted octanol–water partition coefficient (Wildman–Crippen LogP) is 3.01. The fraction of sp³-hybridized carbons (Fsp3) is 0.263. The van der Waals surface area contributed by atoms with Crippen LogP contribution >= 0.6 is 11.6 Å². The van der Waals surface area contributed by atoms with Crippen LogP contribution in [0.1, 0.15) is 15.9 Å². The molecule has 26 heavy (non-hydrogen) atoms. The molecule has 0 aromatic heterocycles. The molecule has 138 valence electrons. The maximum atomic E-state index is 12.0. The van der Waals surface area contributed by atoms with E-state index in [1.807, 2.05) is 6.92 Å². The zero-order valence-corrected chi connectivity index (χ0v) is 15.3. The second kappa shape index (κ2) is 9.68. The highest BCUT2D eigenvalue weighted by atomic mass is 35.5. The molecule has 0 fully saturated rings. The van der Waals surface area contributed by atoms with Crippen LogP contribution in [0.3, 0.4) is 0 Å². The first-order valence-electron chi connectivity index (χ1n) is 7.96. The summed E-state index contributed by atoms with van der Waals surface area (Å²) in [6.07, 6.45) is 0. The Hall–Kier alpha value is -2.73. The average Bonchev–Trinajstić information content (AvgIpc) is 2.65. The molecule has 7 heteroatoms. The van der Waals surface area contributed by atoms with Crippen LogP contribution in [-0.4, -0.2) is 38.7 Å². The van der Waals surface area contributed by atoms with Crippen molar-refractivity contribution in [3.05, 3.63) is 58.6 Å². The lowest BCUT2D eigenvalue weighted by Crippen LogP contribution is -2.32. The van der Waals surface area contributed by atoms with Gasteiger partial charge >= 0.3 is 5.97 Å². The largest absolute Gasteiger partial charge is 0.496 e. The van der Waals surface area contributed by atoms with E-state index in [9.17, 15) is 9.59 Å². The Labute approximate surface area is 157 Å².